The Labute approximate surface area is 124 Å². The van der Waals surface area contributed by atoms with Gasteiger partial charge in [-0.1, -0.05) is 19.1 Å². The van der Waals surface area contributed by atoms with Crippen molar-refractivity contribution in [1.29, 1.82) is 0 Å². The lowest BCUT2D eigenvalue weighted by molar-refractivity contribution is -0.142. The number of nitrogens with one attached hydrogen (secondary N) is 2. The van der Waals surface area contributed by atoms with E-state index in [1.807, 2.05) is 19.1 Å². The molecule has 1 aromatic rings. The third kappa shape index (κ3) is 3.74. The summed E-state index contributed by atoms with van der Waals surface area (Å²) < 4.78 is 31.8. The molecule has 0 radical (unpaired) electrons. The molecule has 2 rings (SSSR count). The summed E-state index contributed by atoms with van der Waals surface area (Å²) in [5, 5.41) is 2.23. The first-order chi connectivity index (χ1) is 9.96. The highest BCUT2D eigenvalue weighted by Gasteiger charge is 2.37. The third-order valence-electron chi connectivity index (χ3n) is 3.64. The van der Waals surface area contributed by atoms with Crippen LogP contribution in [-0.4, -0.2) is 39.3 Å². The predicted octanol–water partition coefficient (Wildman–Crippen LogP) is 0.894. The molecule has 1 heterocycles. The molecule has 1 aromatic carbocycles. The van der Waals surface area contributed by atoms with Crippen LogP contribution in [0.2, 0.25) is 0 Å². The highest BCUT2D eigenvalue weighted by molar-refractivity contribution is 7.93. The van der Waals surface area contributed by atoms with Gasteiger partial charge in [0.25, 0.3) is 0 Å². The van der Waals surface area contributed by atoms with E-state index in [0.717, 1.165) is 12.0 Å². The van der Waals surface area contributed by atoms with Gasteiger partial charge in [-0.25, -0.2) is 8.42 Å². The van der Waals surface area contributed by atoms with Gasteiger partial charge in [-0.05, 0) is 30.5 Å². The van der Waals surface area contributed by atoms with Crippen LogP contribution in [0.15, 0.2) is 24.3 Å². The second-order valence-electron chi connectivity index (χ2n) is 5.04. The molecule has 21 heavy (non-hydrogen) atoms. The van der Waals surface area contributed by atoms with Crippen molar-refractivity contribution in [3.05, 3.63) is 29.8 Å². The SMILES string of the molecule is CCc1ccc(NS(=O)(=O)C2CNC(C(=O)OC)C2)cc1. The zero-order chi connectivity index (χ0) is 15.5. The minimum absolute atomic E-state index is 0.217. The lowest BCUT2D eigenvalue weighted by Crippen LogP contribution is -2.31. The zero-order valence-electron chi connectivity index (χ0n) is 12.1. The first-order valence-electron chi connectivity index (χ1n) is 6.88. The van der Waals surface area contributed by atoms with Gasteiger partial charge in [0.2, 0.25) is 10.0 Å². The summed E-state index contributed by atoms with van der Waals surface area (Å²) in [6.07, 6.45) is 1.12. The van der Waals surface area contributed by atoms with Crippen molar-refractivity contribution >= 4 is 21.7 Å². The molecule has 1 fully saturated rings. The molecule has 0 amide bonds. The fraction of sp³-hybridized carbons (Fsp3) is 0.500. The van der Waals surface area contributed by atoms with E-state index in [-0.39, 0.29) is 13.0 Å². The smallest absolute Gasteiger partial charge is 0.322 e. The molecule has 0 bridgehead atoms. The Morgan fingerprint density at radius 1 is 1.38 bits per heavy atom. The Kier molecular flexibility index (Phi) is 4.84. The van der Waals surface area contributed by atoms with Crippen molar-refractivity contribution in [1.82, 2.24) is 5.32 Å². The Hall–Kier alpha value is -1.60. The fourth-order valence-corrected chi connectivity index (χ4v) is 3.71. The van der Waals surface area contributed by atoms with Crippen LogP contribution in [0.5, 0.6) is 0 Å². The van der Waals surface area contributed by atoms with Crippen LogP contribution in [0.1, 0.15) is 18.9 Å². The van der Waals surface area contributed by atoms with Gasteiger partial charge >= 0.3 is 5.97 Å². The number of carbonyl (C=O) groups excluding carboxylic acids is 1. The maximum absolute atomic E-state index is 12.3. The quantitative estimate of drug-likeness (QED) is 0.789. The molecule has 1 aliphatic heterocycles. The van der Waals surface area contributed by atoms with E-state index in [1.54, 1.807) is 12.1 Å². The average Bonchev–Trinajstić information content (AvgIpc) is 2.97. The lowest BCUT2D eigenvalue weighted by atomic mass is 10.2. The molecule has 0 aliphatic carbocycles. The number of aryl methyl sites for hydroxylation is 1. The van der Waals surface area contributed by atoms with Gasteiger partial charge in [0, 0.05) is 12.2 Å². The van der Waals surface area contributed by atoms with Crippen LogP contribution in [0.25, 0.3) is 0 Å². The Bertz CT molecular complexity index is 598. The molecule has 116 valence electrons. The summed E-state index contributed by atoms with van der Waals surface area (Å²) in [5.74, 6) is -0.431. The van der Waals surface area contributed by atoms with E-state index in [2.05, 4.69) is 14.8 Å². The second kappa shape index (κ2) is 6.44. The maximum Gasteiger partial charge on any atom is 0.322 e. The van der Waals surface area contributed by atoms with Crippen molar-refractivity contribution in [2.45, 2.75) is 31.1 Å². The number of ether oxygens (including phenoxy) is 1. The lowest BCUT2D eigenvalue weighted by Gasteiger charge is -2.13. The van der Waals surface area contributed by atoms with Crippen molar-refractivity contribution in [2.75, 3.05) is 18.4 Å². The molecule has 1 saturated heterocycles. The number of methoxy groups -OCH3 is 1. The number of rotatable bonds is 5. The van der Waals surface area contributed by atoms with Crippen molar-refractivity contribution in [3.8, 4) is 0 Å². The molecule has 0 aromatic heterocycles. The summed E-state index contributed by atoms with van der Waals surface area (Å²) in [4.78, 5) is 11.4. The first kappa shape index (κ1) is 15.8. The minimum Gasteiger partial charge on any atom is -0.468 e. The van der Waals surface area contributed by atoms with E-state index in [0.29, 0.717) is 5.69 Å². The molecule has 2 unspecified atom stereocenters. The van der Waals surface area contributed by atoms with Crippen LogP contribution in [0.3, 0.4) is 0 Å². The summed E-state index contributed by atoms with van der Waals surface area (Å²) in [6, 6.07) is 6.72. The number of sulfonamides is 1. The highest BCUT2D eigenvalue weighted by Crippen LogP contribution is 2.19. The van der Waals surface area contributed by atoms with Crippen LogP contribution >= 0.6 is 0 Å². The predicted molar refractivity (Wildman–Crippen MR) is 80.6 cm³/mol. The van der Waals surface area contributed by atoms with Gasteiger partial charge in [0.05, 0.1) is 12.4 Å². The molecule has 7 heteroatoms. The second-order valence-corrected chi connectivity index (χ2v) is 7.00. The van der Waals surface area contributed by atoms with Gasteiger partial charge in [-0.3, -0.25) is 9.52 Å². The molecule has 2 N–H and O–H groups in total. The van der Waals surface area contributed by atoms with Gasteiger partial charge in [0.1, 0.15) is 6.04 Å². The number of hydrogen-bond donors (Lipinski definition) is 2. The zero-order valence-corrected chi connectivity index (χ0v) is 12.9. The molecular formula is C14H20N2O4S. The number of anilines is 1. The number of hydrogen-bond acceptors (Lipinski definition) is 5. The molecule has 6 nitrogen and oxygen atoms in total. The summed E-state index contributed by atoms with van der Waals surface area (Å²) in [7, 11) is -2.24. The molecule has 1 aliphatic rings. The van der Waals surface area contributed by atoms with E-state index < -0.39 is 27.3 Å². The van der Waals surface area contributed by atoms with Crippen LogP contribution in [-0.2, 0) is 26.0 Å². The van der Waals surface area contributed by atoms with E-state index in [9.17, 15) is 13.2 Å². The highest BCUT2D eigenvalue weighted by atomic mass is 32.2. The summed E-state index contributed by atoms with van der Waals surface area (Å²) >= 11 is 0. The van der Waals surface area contributed by atoms with E-state index >= 15 is 0 Å². The van der Waals surface area contributed by atoms with Gasteiger partial charge in [0.15, 0.2) is 0 Å². The Morgan fingerprint density at radius 3 is 2.62 bits per heavy atom. The van der Waals surface area contributed by atoms with Gasteiger partial charge in [-0.2, -0.15) is 0 Å². The van der Waals surface area contributed by atoms with Crippen molar-refractivity contribution in [2.24, 2.45) is 0 Å². The van der Waals surface area contributed by atoms with Gasteiger partial charge < -0.3 is 10.1 Å². The fourth-order valence-electron chi connectivity index (χ4n) is 2.32. The van der Waals surface area contributed by atoms with E-state index in [4.69, 9.17) is 0 Å². The largest absolute Gasteiger partial charge is 0.468 e. The topological polar surface area (TPSA) is 84.5 Å². The summed E-state index contributed by atoms with van der Waals surface area (Å²) in [6.45, 7) is 2.28. The van der Waals surface area contributed by atoms with Crippen molar-refractivity contribution < 1.29 is 17.9 Å². The third-order valence-corrected chi connectivity index (χ3v) is 5.39. The van der Waals surface area contributed by atoms with Crippen LogP contribution in [0, 0.1) is 0 Å². The molecular weight excluding hydrogens is 292 g/mol. The van der Waals surface area contributed by atoms with Gasteiger partial charge in [-0.15, -0.1) is 0 Å². The molecule has 2 atom stereocenters. The Morgan fingerprint density at radius 2 is 2.05 bits per heavy atom. The number of carbonyl (C=O) groups is 1. The average molecular weight is 312 g/mol. The summed E-state index contributed by atoms with van der Waals surface area (Å²) in [5.41, 5.74) is 1.68. The number of esters is 1. The van der Waals surface area contributed by atoms with E-state index in [1.165, 1.54) is 7.11 Å². The molecule has 0 spiro atoms. The normalized spacial score (nSPS) is 22.0. The Balaban J connectivity index is 2.03. The maximum atomic E-state index is 12.3. The first-order valence-corrected chi connectivity index (χ1v) is 8.42. The van der Waals surface area contributed by atoms with Crippen LogP contribution in [0.4, 0.5) is 5.69 Å². The van der Waals surface area contributed by atoms with Crippen molar-refractivity contribution in [3.63, 3.8) is 0 Å². The monoisotopic (exact) mass is 312 g/mol. The van der Waals surface area contributed by atoms with Crippen LogP contribution < -0.4 is 10.0 Å². The standard InChI is InChI=1S/C14H20N2O4S/c1-3-10-4-6-11(7-5-10)16-21(18,19)12-8-13(15-9-12)14(17)20-2/h4-7,12-13,15-16H,3,8-9H2,1-2H3. The molecule has 0 saturated carbocycles. The minimum atomic E-state index is -3.53. The number of benzene rings is 1.